The first kappa shape index (κ1) is 15.3. The minimum atomic E-state index is -0.287. The molecule has 1 amide bonds. The lowest BCUT2D eigenvalue weighted by molar-refractivity contribution is 0.102. The van der Waals surface area contributed by atoms with Crippen LogP contribution in [0.15, 0.2) is 35.4 Å². The number of hydrogen-bond donors (Lipinski definition) is 2. The zero-order chi connectivity index (χ0) is 16.4. The number of amides is 1. The molecule has 1 aromatic heterocycles. The molecule has 3 rings (SSSR count). The molecular formula is C18H20N2O3. The molecule has 120 valence electrons. The summed E-state index contributed by atoms with van der Waals surface area (Å²) in [6.07, 6.45) is 5.49. The molecule has 5 nitrogen and oxygen atoms in total. The normalized spacial score (nSPS) is 13.7. The second kappa shape index (κ2) is 6.28. The number of aromatic nitrogens is 1. The van der Waals surface area contributed by atoms with Gasteiger partial charge in [0, 0.05) is 24.0 Å². The monoisotopic (exact) mass is 312 g/mol. The Balaban J connectivity index is 1.79. The van der Waals surface area contributed by atoms with Crippen LogP contribution < -0.4 is 15.5 Å². The van der Waals surface area contributed by atoms with E-state index in [1.54, 1.807) is 0 Å². The maximum absolute atomic E-state index is 12.5. The predicted molar refractivity (Wildman–Crippen MR) is 89.2 cm³/mol. The summed E-state index contributed by atoms with van der Waals surface area (Å²) in [5.74, 6) is 1.19. The van der Waals surface area contributed by atoms with E-state index in [1.165, 1.54) is 31.3 Å². The van der Waals surface area contributed by atoms with Crippen LogP contribution in [0.5, 0.6) is 5.75 Å². The van der Waals surface area contributed by atoms with Gasteiger partial charge in [0.15, 0.2) is 0 Å². The number of rotatable bonds is 5. The molecule has 0 aliphatic heterocycles. The van der Waals surface area contributed by atoms with E-state index in [0.717, 1.165) is 23.5 Å². The second-order valence-corrected chi connectivity index (χ2v) is 6.06. The van der Waals surface area contributed by atoms with Crippen LogP contribution in [0.4, 0.5) is 5.69 Å². The second-order valence-electron chi connectivity index (χ2n) is 6.06. The molecule has 5 heteroatoms. The first-order valence-electron chi connectivity index (χ1n) is 7.77. The highest BCUT2D eigenvalue weighted by Crippen LogP contribution is 2.30. The molecule has 1 aromatic carbocycles. The molecule has 1 aliphatic rings. The predicted octanol–water partition coefficient (Wildman–Crippen LogP) is 3.03. The highest BCUT2D eigenvalue weighted by atomic mass is 16.5. The van der Waals surface area contributed by atoms with Crippen LogP contribution in [-0.2, 0) is 0 Å². The van der Waals surface area contributed by atoms with E-state index in [9.17, 15) is 9.59 Å². The fourth-order valence-electron chi connectivity index (χ4n) is 2.56. The van der Waals surface area contributed by atoms with Crippen LogP contribution in [0.3, 0.4) is 0 Å². The average molecular weight is 312 g/mol. The number of aromatic amines is 1. The molecule has 1 heterocycles. The molecule has 1 fully saturated rings. The number of ether oxygens (including phenoxy) is 1. The van der Waals surface area contributed by atoms with Crippen molar-refractivity contribution in [3.8, 4) is 5.75 Å². The summed E-state index contributed by atoms with van der Waals surface area (Å²) >= 11 is 0. The SMILES string of the molecule is Cc1cc(OCC2CC2)cc(C)c1C(=O)Nc1c[nH]ccc1=O. The van der Waals surface area contributed by atoms with Crippen LogP contribution in [0, 0.1) is 19.8 Å². The number of H-pyrrole nitrogens is 1. The third-order valence-electron chi connectivity index (χ3n) is 3.99. The number of hydrogen-bond acceptors (Lipinski definition) is 3. The topological polar surface area (TPSA) is 71.2 Å². The van der Waals surface area contributed by atoms with E-state index >= 15 is 0 Å². The standard InChI is InChI=1S/C18H20N2O3/c1-11-7-14(23-10-13-3-4-13)8-12(2)17(11)18(22)20-15-9-19-6-5-16(15)21/h5-9,13H,3-4,10H2,1-2H3,(H,19,21)(H,20,22). The van der Waals surface area contributed by atoms with Crippen molar-refractivity contribution in [3.63, 3.8) is 0 Å². The van der Waals surface area contributed by atoms with Crippen molar-refractivity contribution in [3.05, 3.63) is 57.5 Å². The van der Waals surface area contributed by atoms with Crippen LogP contribution in [0.25, 0.3) is 0 Å². The van der Waals surface area contributed by atoms with E-state index < -0.39 is 0 Å². The van der Waals surface area contributed by atoms with E-state index in [0.29, 0.717) is 11.5 Å². The Morgan fingerprint density at radius 2 is 2.00 bits per heavy atom. The number of benzene rings is 1. The number of pyridine rings is 1. The quantitative estimate of drug-likeness (QED) is 0.891. The van der Waals surface area contributed by atoms with Gasteiger partial charge in [-0.15, -0.1) is 0 Å². The van der Waals surface area contributed by atoms with Crippen molar-refractivity contribution in [2.24, 2.45) is 5.92 Å². The lowest BCUT2D eigenvalue weighted by atomic mass is 10.0. The Labute approximate surface area is 134 Å². The van der Waals surface area contributed by atoms with Gasteiger partial charge in [0.25, 0.3) is 5.91 Å². The summed E-state index contributed by atoms with van der Waals surface area (Å²) in [6.45, 7) is 4.49. The molecule has 0 saturated heterocycles. The van der Waals surface area contributed by atoms with Crippen molar-refractivity contribution in [1.29, 1.82) is 0 Å². The fraction of sp³-hybridized carbons (Fsp3) is 0.333. The first-order chi connectivity index (χ1) is 11.0. The molecule has 2 aromatic rings. The molecule has 1 saturated carbocycles. The van der Waals surface area contributed by atoms with Gasteiger partial charge in [-0.05, 0) is 55.9 Å². The molecule has 0 spiro atoms. The van der Waals surface area contributed by atoms with Gasteiger partial charge in [-0.1, -0.05) is 0 Å². The Morgan fingerprint density at radius 1 is 1.30 bits per heavy atom. The number of aryl methyl sites for hydroxylation is 2. The fourth-order valence-corrected chi connectivity index (χ4v) is 2.56. The molecule has 0 bridgehead atoms. The van der Waals surface area contributed by atoms with Crippen molar-refractivity contribution in [2.75, 3.05) is 11.9 Å². The molecule has 23 heavy (non-hydrogen) atoms. The van der Waals surface area contributed by atoms with Gasteiger partial charge >= 0.3 is 0 Å². The molecule has 2 N–H and O–H groups in total. The van der Waals surface area contributed by atoms with Gasteiger partial charge in [-0.2, -0.15) is 0 Å². The summed E-state index contributed by atoms with van der Waals surface area (Å²) < 4.78 is 5.78. The van der Waals surface area contributed by atoms with E-state index in [1.807, 2.05) is 26.0 Å². The van der Waals surface area contributed by atoms with E-state index in [2.05, 4.69) is 10.3 Å². The minimum Gasteiger partial charge on any atom is -0.493 e. The molecule has 0 unspecified atom stereocenters. The molecule has 1 aliphatic carbocycles. The third-order valence-corrected chi connectivity index (χ3v) is 3.99. The Kier molecular flexibility index (Phi) is 4.19. The van der Waals surface area contributed by atoms with Crippen LogP contribution in [-0.4, -0.2) is 17.5 Å². The minimum absolute atomic E-state index is 0.225. The van der Waals surface area contributed by atoms with E-state index in [4.69, 9.17) is 4.74 Å². The zero-order valence-electron chi connectivity index (χ0n) is 13.3. The van der Waals surface area contributed by atoms with Crippen molar-refractivity contribution in [2.45, 2.75) is 26.7 Å². The van der Waals surface area contributed by atoms with Crippen molar-refractivity contribution < 1.29 is 9.53 Å². The van der Waals surface area contributed by atoms with Crippen molar-refractivity contribution in [1.82, 2.24) is 4.98 Å². The van der Waals surface area contributed by atoms with Gasteiger partial charge < -0.3 is 15.0 Å². The summed E-state index contributed by atoms with van der Waals surface area (Å²) in [5, 5.41) is 2.66. The lowest BCUT2D eigenvalue weighted by Crippen LogP contribution is -2.20. The Hall–Kier alpha value is -2.56. The largest absolute Gasteiger partial charge is 0.493 e. The Bertz CT molecular complexity index is 768. The van der Waals surface area contributed by atoms with Gasteiger partial charge in [-0.3, -0.25) is 9.59 Å². The smallest absolute Gasteiger partial charge is 0.256 e. The number of carbonyl (C=O) groups is 1. The maximum atomic E-state index is 12.5. The zero-order valence-corrected chi connectivity index (χ0v) is 13.3. The first-order valence-corrected chi connectivity index (χ1v) is 7.77. The summed E-state index contributed by atoms with van der Waals surface area (Å²) in [5.41, 5.74) is 2.26. The number of nitrogens with one attached hydrogen (secondary N) is 2. The van der Waals surface area contributed by atoms with Crippen LogP contribution in [0.1, 0.15) is 34.3 Å². The van der Waals surface area contributed by atoms with Crippen LogP contribution in [0.2, 0.25) is 0 Å². The maximum Gasteiger partial charge on any atom is 0.256 e. The van der Waals surface area contributed by atoms with Gasteiger partial charge in [0.1, 0.15) is 11.4 Å². The number of carbonyl (C=O) groups excluding carboxylic acids is 1. The highest BCUT2D eigenvalue weighted by molar-refractivity contribution is 6.06. The molecule has 0 atom stereocenters. The summed E-state index contributed by atoms with van der Waals surface area (Å²) in [7, 11) is 0. The van der Waals surface area contributed by atoms with E-state index in [-0.39, 0.29) is 17.0 Å². The average Bonchev–Trinajstić information content (AvgIpc) is 3.31. The van der Waals surface area contributed by atoms with Gasteiger partial charge in [0.05, 0.1) is 6.61 Å². The lowest BCUT2D eigenvalue weighted by Gasteiger charge is -2.13. The van der Waals surface area contributed by atoms with Crippen LogP contribution >= 0.6 is 0 Å². The molecular weight excluding hydrogens is 292 g/mol. The highest BCUT2D eigenvalue weighted by Gasteiger charge is 2.22. The summed E-state index contributed by atoms with van der Waals surface area (Å²) in [4.78, 5) is 27.0. The van der Waals surface area contributed by atoms with Gasteiger partial charge in [-0.25, -0.2) is 0 Å². The third kappa shape index (κ3) is 3.62. The van der Waals surface area contributed by atoms with Gasteiger partial charge in [0.2, 0.25) is 5.43 Å². The van der Waals surface area contributed by atoms with Crippen molar-refractivity contribution >= 4 is 11.6 Å². The number of anilines is 1. The summed E-state index contributed by atoms with van der Waals surface area (Å²) in [6, 6.07) is 5.13. The molecule has 0 radical (unpaired) electrons. The Morgan fingerprint density at radius 3 is 2.61 bits per heavy atom.